The van der Waals surface area contributed by atoms with Gasteiger partial charge in [0.05, 0.1) is 18.6 Å². The molecule has 0 unspecified atom stereocenters. The maximum atomic E-state index is 12.5. The van der Waals surface area contributed by atoms with Gasteiger partial charge in [-0.15, -0.1) is 0 Å². The molecule has 1 aliphatic heterocycles. The first-order chi connectivity index (χ1) is 12.6. The maximum absolute atomic E-state index is 12.5. The highest BCUT2D eigenvalue weighted by molar-refractivity contribution is 8.18. The predicted octanol–water partition coefficient (Wildman–Crippen LogP) is 3.47. The molecule has 0 aromatic heterocycles. The van der Waals surface area contributed by atoms with Crippen LogP contribution in [0.15, 0.2) is 23.1 Å². The molecule has 146 valence electrons. The standard InChI is InChI=1S/C19H23NO6S/c1-6-25-14-9-12(7-8-13(14)24-5)10-15-17(22)20(18(23)27-15)11-16(21)26-19(2,3)4/h7-10H,6,11H2,1-5H3/b15-10-. The minimum absolute atomic E-state index is 0.233. The Kier molecular flexibility index (Phi) is 6.54. The lowest BCUT2D eigenvalue weighted by atomic mass is 10.2. The molecule has 0 atom stereocenters. The van der Waals surface area contributed by atoms with E-state index in [1.807, 2.05) is 6.92 Å². The summed E-state index contributed by atoms with van der Waals surface area (Å²) in [6.45, 7) is 7.07. The monoisotopic (exact) mass is 393 g/mol. The second-order valence-electron chi connectivity index (χ2n) is 6.70. The number of esters is 1. The van der Waals surface area contributed by atoms with Gasteiger partial charge in [-0.05, 0) is 63.2 Å². The Morgan fingerprint density at radius 2 is 1.93 bits per heavy atom. The Bertz CT molecular complexity index is 781. The van der Waals surface area contributed by atoms with E-state index in [1.165, 1.54) is 0 Å². The molecule has 1 aromatic carbocycles. The van der Waals surface area contributed by atoms with Crippen molar-refractivity contribution in [3.8, 4) is 11.5 Å². The van der Waals surface area contributed by atoms with Gasteiger partial charge in [0.1, 0.15) is 12.1 Å². The van der Waals surface area contributed by atoms with Crippen LogP contribution in [0.4, 0.5) is 4.79 Å². The van der Waals surface area contributed by atoms with E-state index >= 15 is 0 Å². The van der Waals surface area contributed by atoms with Gasteiger partial charge in [-0.1, -0.05) is 6.07 Å². The molecule has 1 aliphatic rings. The lowest BCUT2D eigenvalue weighted by Crippen LogP contribution is -2.37. The summed E-state index contributed by atoms with van der Waals surface area (Å²) < 4.78 is 15.9. The topological polar surface area (TPSA) is 82.1 Å². The highest BCUT2D eigenvalue weighted by Crippen LogP contribution is 2.34. The summed E-state index contributed by atoms with van der Waals surface area (Å²) in [5.74, 6) is -0.0347. The molecule has 1 heterocycles. The van der Waals surface area contributed by atoms with Crippen LogP contribution >= 0.6 is 11.8 Å². The number of benzene rings is 1. The molecule has 0 bridgehead atoms. The average molecular weight is 393 g/mol. The first-order valence-electron chi connectivity index (χ1n) is 8.42. The van der Waals surface area contributed by atoms with Crippen molar-refractivity contribution in [1.29, 1.82) is 0 Å². The highest BCUT2D eigenvalue weighted by atomic mass is 32.2. The van der Waals surface area contributed by atoms with Crippen LogP contribution in [0.2, 0.25) is 0 Å². The Hall–Kier alpha value is -2.48. The van der Waals surface area contributed by atoms with Gasteiger partial charge in [-0.3, -0.25) is 19.3 Å². The van der Waals surface area contributed by atoms with E-state index in [0.717, 1.165) is 16.7 Å². The largest absolute Gasteiger partial charge is 0.493 e. The van der Waals surface area contributed by atoms with Gasteiger partial charge in [0.25, 0.3) is 11.1 Å². The van der Waals surface area contributed by atoms with Crippen molar-refractivity contribution in [3.63, 3.8) is 0 Å². The van der Waals surface area contributed by atoms with Crippen LogP contribution in [0.5, 0.6) is 11.5 Å². The van der Waals surface area contributed by atoms with E-state index in [-0.39, 0.29) is 4.91 Å². The molecular weight excluding hydrogens is 370 g/mol. The number of methoxy groups -OCH3 is 1. The summed E-state index contributed by atoms with van der Waals surface area (Å²) in [7, 11) is 1.54. The fraction of sp³-hybridized carbons (Fsp3) is 0.421. The van der Waals surface area contributed by atoms with Crippen molar-refractivity contribution >= 4 is 35.0 Å². The van der Waals surface area contributed by atoms with Crippen LogP contribution in [-0.4, -0.2) is 47.9 Å². The molecule has 1 fully saturated rings. The molecule has 1 aromatic rings. The Morgan fingerprint density at radius 1 is 1.22 bits per heavy atom. The minimum Gasteiger partial charge on any atom is -0.493 e. The lowest BCUT2D eigenvalue weighted by Gasteiger charge is -2.21. The number of hydrogen-bond donors (Lipinski definition) is 0. The van der Waals surface area contributed by atoms with Crippen molar-refractivity contribution in [1.82, 2.24) is 4.90 Å². The van der Waals surface area contributed by atoms with E-state index < -0.39 is 29.3 Å². The number of hydrogen-bond acceptors (Lipinski definition) is 7. The van der Waals surface area contributed by atoms with E-state index in [1.54, 1.807) is 52.2 Å². The Morgan fingerprint density at radius 3 is 2.52 bits per heavy atom. The number of imide groups is 1. The predicted molar refractivity (Wildman–Crippen MR) is 103 cm³/mol. The second-order valence-corrected chi connectivity index (χ2v) is 7.69. The van der Waals surface area contributed by atoms with Crippen molar-refractivity contribution in [2.45, 2.75) is 33.3 Å². The van der Waals surface area contributed by atoms with Gasteiger partial charge in [0.15, 0.2) is 11.5 Å². The van der Waals surface area contributed by atoms with Gasteiger partial charge in [-0.2, -0.15) is 0 Å². The zero-order chi connectivity index (χ0) is 20.2. The highest BCUT2D eigenvalue weighted by Gasteiger charge is 2.37. The van der Waals surface area contributed by atoms with Crippen LogP contribution < -0.4 is 9.47 Å². The average Bonchev–Trinajstić information content (AvgIpc) is 2.81. The van der Waals surface area contributed by atoms with Gasteiger partial charge in [-0.25, -0.2) is 0 Å². The van der Waals surface area contributed by atoms with Crippen molar-refractivity contribution in [2.24, 2.45) is 0 Å². The molecule has 2 rings (SSSR count). The zero-order valence-electron chi connectivity index (χ0n) is 16.0. The van der Waals surface area contributed by atoms with E-state index in [0.29, 0.717) is 23.7 Å². The Balaban J connectivity index is 2.18. The fourth-order valence-corrected chi connectivity index (χ4v) is 3.18. The molecule has 2 amide bonds. The van der Waals surface area contributed by atoms with Crippen LogP contribution in [-0.2, 0) is 14.3 Å². The normalized spacial score (nSPS) is 16.0. The van der Waals surface area contributed by atoms with E-state index in [4.69, 9.17) is 14.2 Å². The summed E-state index contributed by atoms with van der Waals surface area (Å²) in [6, 6.07) is 5.20. The lowest BCUT2D eigenvalue weighted by molar-refractivity contribution is -0.156. The third-order valence-corrected chi connectivity index (χ3v) is 4.27. The van der Waals surface area contributed by atoms with Crippen molar-refractivity contribution in [3.05, 3.63) is 28.7 Å². The summed E-state index contributed by atoms with van der Waals surface area (Å²) >= 11 is 0.784. The smallest absolute Gasteiger partial charge is 0.326 e. The molecule has 0 saturated carbocycles. The van der Waals surface area contributed by atoms with Crippen LogP contribution in [0, 0.1) is 0 Å². The van der Waals surface area contributed by atoms with Crippen LogP contribution in [0.3, 0.4) is 0 Å². The van der Waals surface area contributed by atoms with Gasteiger partial charge in [0, 0.05) is 0 Å². The second kappa shape index (κ2) is 8.47. The minimum atomic E-state index is -0.687. The molecule has 27 heavy (non-hydrogen) atoms. The zero-order valence-corrected chi connectivity index (χ0v) is 16.8. The Labute approximate surface area is 162 Å². The summed E-state index contributed by atoms with van der Waals surface area (Å²) in [5, 5.41) is -0.504. The number of amides is 2. The summed E-state index contributed by atoms with van der Waals surface area (Å²) in [5.41, 5.74) is -0.00459. The first kappa shape index (κ1) is 20.8. The van der Waals surface area contributed by atoms with Crippen molar-refractivity contribution in [2.75, 3.05) is 20.3 Å². The molecule has 7 nitrogen and oxygen atoms in total. The van der Waals surface area contributed by atoms with Gasteiger partial charge < -0.3 is 14.2 Å². The van der Waals surface area contributed by atoms with Gasteiger partial charge >= 0.3 is 5.97 Å². The molecule has 0 radical (unpaired) electrons. The third kappa shape index (κ3) is 5.50. The molecule has 0 spiro atoms. The number of carbonyl (C=O) groups is 3. The van der Waals surface area contributed by atoms with Crippen LogP contribution in [0.1, 0.15) is 33.3 Å². The molecule has 8 heteroatoms. The number of ether oxygens (including phenoxy) is 3. The number of thioether (sulfide) groups is 1. The van der Waals surface area contributed by atoms with Crippen molar-refractivity contribution < 1.29 is 28.6 Å². The fourth-order valence-electron chi connectivity index (χ4n) is 2.34. The molecule has 0 N–H and O–H groups in total. The number of rotatable bonds is 6. The summed E-state index contributed by atoms with van der Waals surface area (Å²) in [4.78, 5) is 37.7. The molecule has 1 saturated heterocycles. The quantitative estimate of drug-likeness (QED) is 0.540. The first-order valence-corrected chi connectivity index (χ1v) is 9.24. The van der Waals surface area contributed by atoms with E-state index in [9.17, 15) is 14.4 Å². The van der Waals surface area contributed by atoms with Crippen LogP contribution in [0.25, 0.3) is 6.08 Å². The van der Waals surface area contributed by atoms with E-state index in [2.05, 4.69) is 0 Å². The number of carbonyl (C=O) groups excluding carboxylic acids is 3. The van der Waals surface area contributed by atoms with Gasteiger partial charge in [0.2, 0.25) is 0 Å². The third-order valence-electron chi connectivity index (χ3n) is 3.37. The summed E-state index contributed by atoms with van der Waals surface area (Å²) in [6.07, 6.45) is 1.59. The number of nitrogens with zero attached hydrogens (tertiary/aromatic N) is 1. The molecular formula is C19H23NO6S. The molecule has 0 aliphatic carbocycles. The maximum Gasteiger partial charge on any atom is 0.326 e. The SMILES string of the molecule is CCOc1cc(/C=C2\SC(=O)N(CC(=O)OC(C)(C)C)C2=O)ccc1OC.